The van der Waals surface area contributed by atoms with Crippen LogP contribution >= 0.6 is 0 Å². The highest BCUT2D eigenvalue weighted by molar-refractivity contribution is 7.85. The minimum Gasteiger partial charge on any atom is -0.355 e. The van der Waals surface area contributed by atoms with E-state index < -0.39 is 21.3 Å². The van der Waals surface area contributed by atoms with Gasteiger partial charge in [-0.15, -0.1) is 0 Å². The Morgan fingerprint density at radius 2 is 1.31 bits per heavy atom. The average Bonchev–Trinajstić information content (AvgIpc) is 2.31. The first-order valence-corrected chi connectivity index (χ1v) is 10.8. The number of hydrogen-bond acceptors (Lipinski definition) is 3. The second-order valence-electron chi connectivity index (χ2n) is 10.7. The molecule has 0 spiro atoms. The van der Waals surface area contributed by atoms with Crippen LogP contribution in [0.1, 0.15) is 75.2 Å². The fraction of sp³-hybridized carbons (Fsp3) is 0.850. The molecular weight excluding hydrogens is 350 g/mol. The zero-order valence-corrected chi connectivity index (χ0v) is 18.9. The molecule has 0 aliphatic carbocycles. The third kappa shape index (κ3) is 11.7. The third-order valence-electron chi connectivity index (χ3n) is 4.13. The number of carbonyl (C=O) groups is 1. The summed E-state index contributed by atoms with van der Waals surface area (Å²) in [7, 11) is -4.07. The van der Waals surface area contributed by atoms with Crippen LogP contribution in [0.5, 0.6) is 0 Å². The summed E-state index contributed by atoms with van der Waals surface area (Å²) in [6.45, 7) is 19.0. The van der Waals surface area contributed by atoms with Crippen LogP contribution in [0.15, 0.2) is 12.2 Å². The van der Waals surface area contributed by atoms with Crippen LogP contribution in [-0.4, -0.2) is 31.2 Å². The number of rotatable bonds is 9. The van der Waals surface area contributed by atoms with Gasteiger partial charge in [0.2, 0.25) is 5.91 Å². The summed E-state index contributed by atoms with van der Waals surface area (Å²) < 4.78 is 30.3. The first-order valence-electron chi connectivity index (χ1n) is 9.19. The van der Waals surface area contributed by atoms with Gasteiger partial charge in [0, 0.05) is 12.0 Å². The molecule has 0 aromatic heterocycles. The molecule has 0 heterocycles. The lowest BCUT2D eigenvalue weighted by atomic mass is 9.71. The Kier molecular flexibility index (Phi) is 8.14. The first kappa shape index (κ1) is 25.1. The molecule has 5 nitrogen and oxygen atoms in total. The van der Waals surface area contributed by atoms with Crippen molar-refractivity contribution in [3.8, 4) is 0 Å². The third-order valence-corrected chi connectivity index (χ3v) is 4.85. The highest BCUT2D eigenvalue weighted by atomic mass is 32.2. The average molecular weight is 390 g/mol. The molecule has 0 aliphatic heterocycles. The van der Waals surface area contributed by atoms with E-state index in [2.05, 4.69) is 65.9 Å². The minimum absolute atomic E-state index is 0.0669. The number of allylic oxidation sites excluding steroid dienone is 2. The van der Waals surface area contributed by atoms with E-state index in [4.69, 9.17) is 4.55 Å². The Hall–Kier alpha value is -0.880. The smallest absolute Gasteiger partial charge is 0.266 e. The molecule has 0 rings (SSSR count). The zero-order chi connectivity index (χ0) is 21.0. The predicted octanol–water partition coefficient (Wildman–Crippen LogP) is 4.45. The maximum absolute atomic E-state index is 12.4. The van der Waals surface area contributed by atoms with E-state index in [-0.39, 0.29) is 28.7 Å². The van der Waals surface area contributed by atoms with E-state index in [0.29, 0.717) is 6.42 Å². The van der Waals surface area contributed by atoms with Gasteiger partial charge in [-0.05, 0) is 29.1 Å². The zero-order valence-electron chi connectivity index (χ0n) is 18.1. The molecular formula is C20H39NO4S. The number of amides is 1. The van der Waals surface area contributed by atoms with Crippen molar-refractivity contribution in [2.24, 2.45) is 21.7 Å². The van der Waals surface area contributed by atoms with Gasteiger partial charge in [-0.1, -0.05) is 74.5 Å². The maximum atomic E-state index is 12.4. The predicted molar refractivity (Wildman–Crippen MR) is 109 cm³/mol. The van der Waals surface area contributed by atoms with E-state index in [9.17, 15) is 13.2 Å². The molecule has 0 fully saturated rings. The van der Waals surface area contributed by atoms with Crippen molar-refractivity contribution in [3.05, 3.63) is 12.2 Å². The van der Waals surface area contributed by atoms with Gasteiger partial charge in [-0.2, -0.15) is 8.42 Å². The van der Waals surface area contributed by atoms with Crippen LogP contribution in [0.25, 0.3) is 0 Å². The van der Waals surface area contributed by atoms with Crippen LogP contribution in [0.3, 0.4) is 0 Å². The standard InChI is InChI=1S/C20H39NO4S/c1-17(2,3)14-18(4,5)10-11-19(6,7)15-20(8,9)16(22)21-12-13-26(23,24)25/h10-11H,12-15H2,1-9H3,(H,21,22)(H,23,24,25). The second-order valence-corrected chi connectivity index (χ2v) is 12.2. The second kappa shape index (κ2) is 8.42. The van der Waals surface area contributed by atoms with Gasteiger partial charge in [0.1, 0.15) is 0 Å². The minimum atomic E-state index is -4.07. The molecule has 0 aliphatic rings. The molecule has 0 aromatic rings. The highest BCUT2D eigenvalue weighted by Crippen LogP contribution is 2.39. The van der Waals surface area contributed by atoms with Crippen molar-refractivity contribution < 1.29 is 17.8 Å². The van der Waals surface area contributed by atoms with E-state index in [1.165, 1.54) is 0 Å². The van der Waals surface area contributed by atoms with Crippen LogP contribution < -0.4 is 5.32 Å². The molecule has 0 saturated carbocycles. The molecule has 2 N–H and O–H groups in total. The molecule has 0 bridgehead atoms. The van der Waals surface area contributed by atoms with Gasteiger partial charge >= 0.3 is 0 Å². The lowest BCUT2D eigenvalue weighted by Gasteiger charge is -2.34. The molecule has 154 valence electrons. The summed E-state index contributed by atoms with van der Waals surface area (Å²) >= 11 is 0. The Bertz CT molecular complexity index is 608. The van der Waals surface area contributed by atoms with E-state index in [1.807, 2.05) is 13.8 Å². The lowest BCUT2D eigenvalue weighted by molar-refractivity contribution is -0.130. The first-order chi connectivity index (χ1) is 11.2. The van der Waals surface area contributed by atoms with Crippen molar-refractivity contribution in [2.75, 3.05) is 12.3 Å². The van der Waals surface area contributed by atoms with Crippen molar-refractivity contribution >= 4 is 16.0 Å². The highest BCUT2D eigenvalue weighted by Gasteiger charge is 2.34. The summed E-state index contributed by atoms with van der Waals surface area (Å²) in [6.07, 6.45) is 6.11. The Labute approximate surface area is 160 Å². The van der Waals surface area contributed by atoms with Crippen LogP contribution in [0.4, 0.5) is 0 Å². The van der Waals surface area contributed by atoms with Gasteiger partial charge in [0.15, 0.2) is 0 Å². The topological polar surface area (TPSA) is 83.5 Å². The van der Waals surface area contributed by atoms with Crippen molar-refractivity contribution in [3.63, 3.8) is 0 Å². The normalized spacial score (nSPS) is 14.7. The molecule has 1 amide bonds. The van der Waals surface area contributed by atoms with Gasteiger partial charge in [0.25, 0.3) is 10.1 Å². The Morgan fingerprint density at radius 1 is 0.885 bits per heavy atom. The van der Waals surface area contributed by atoms with Crippen LogP contribution in [0.2, 0.25) is 0 Å². The number of hydrogen-bond donors (Lipinski definition) is 2. The Morgan fingerprint density at radius 3 is 1.69 bits per heavy atom. The summed E-state index contributed by atoms with van der Waals surface area (Å²) in [5.41, 5.74) is -0.526. The molecule has 0 aromatic carbocycles. The van der Waals surface area contributed by atoms with Crippen LogP contribution in [0, 0.1) is 21.7 Å². The van der Waals surface area contributed by atoms with Gasteiger partial charge < -0.3 is 5.32 Å². The van der Waals surface area contributed by atoms with Gasteiger partial charge in [-0.25, -0.2) is 0 Å². The van der Waals surface area contributed by atoms with Crippen molar-refractivity contribution in [1.82, 2.24) is 5.32 Å². The van der Waals surface area contributed by atoms with Gasteiger partial charge in [-0.3, -0.25) is 9.35 Å². The molecule has 0 radical (unpaired) electrons. The quantitative estimate of drug-likeness (QED) is 0.451. The molecule has 0 atom stereocenters. The largest absolute Gasteiger partial charge is 0.355 e. The van der Waals surface area contributed by atoms with Gasteiger partial charge in [0.05, 0.1) is 5.75 Å². The molecule has 26 heavy (non-hydrogen) atoms. The lowest BCUT2D eigenvalue weighted by Crippen LogP contribution is -2.41. The summed E-state index contributed by atoms with van der Waals surface area (Å²) in [4.78, 5) is 12.4. The van der Waals surface area contributed by atoms with E-state index in [1.54, 1.807) is 0 Å². The molecule has 6 heteroatoms. The van der Waals surface area contributed by atoms with Crippen molar-refractivity contribution in [2.45, 2.75) is 75.2 Å². The fourth-order valence-corrected chi connectivity index (χ4v) is 4.05. The monoisotopic (exact) mass is 389 g/mol. The van der Waals surface area contributed by atoms with Crippen LogP contribution in [-0.2, 0) is 14.9 Å². The SMILES string of the molecule is CC(C)(C)CC(C)(C)C=CC(C)(C)CC(C)(C)C(=O)NCCS(=O)(=O)O. The fourth-order valence-electron chi connectivity index (χ4n) is 3.69. The maximum Gasteiger partial charge on any atom is 0.266 e. The molecule has 0 unspecified atom stereocenters. The van der Waals surface area contributed by atoms with Crippen molar-refractivity contribution in [1.29, 1.82) is 0 Å². The summed E-state index contributed by atoms with van der Waals surface area (Å²) in [5, 5.41) is 2.60. The number of carbonyl (C=O) groups excluding carboxylic acids is 1. The van der Waals surface area contributed by atoms with E-state index >= 15 is 0 Å². The van der Waals surface area contributed by atoms with E-state index in [0.717, 1.165) is 6.42 Å². The Balaban J connectivity index is 4.93. The summed E-state index contributed by atoms with van der Waals surface area (Å²) in [5.74, 6) is -0.685. The molecule has 0 saturated heterocycles. The number of nitrogens with one attached hydrogen (secondary N) is 1. The summed E-state index contributed by atoms with van der Waals surface area (Å²) in [6, 6.07) is 0.